The second-order valence-corrected chi connectivity index (χ2v) is 5.21. The molecule has 0 aliphatic carbocycles. The maximum absolute atomic E-state index is 8.82. The van der Waals surface area contributed by atoms with Crippen molar-refractivity contribution in [2.24, 2.45) is 5.92 Å². The van der Waals surface area contributed by atoms with Crippen LogP contribution in [0.3, 0.4) is 0 Å². The van der Waals surface area contributed by atoms with Crippen LogP contribution in [0.2, 0.25) is 0 Å². The molecule has 0 N–H and O–H groups in total. The summed E-state index contributed by atoms with van der Waals surface area (Å²) in [6, 6.07) is 10.0. The van der Waals surface area contributed by atoms with Gasteiger partial charge in [0, 0.05) is 31.5 Å². The Bertz CT molecular complexity index is 574. The Kier molecular flexibility index (Phi) is 3.64. The van der Waals surface area contributed by atoms with E-state index in [1.54, 1.807) is 6.20 Å². The van der Waals surface area contributed by atoms with Crippen LogP contribution in [0.25, 0.3) is 0 Å². The second-order valence-electron chi connectivity index (χ2n) is 5.21. The van der Waals surface area contributed by atoms with Gasteiger partial charge in [-0.3, -0.25) is 4.68 Å². The summed E-state index contributed by atoms with van der Waals surface area (Å²) >= 11 is 0. The number of rotatable bonds is 3. The van der Waals surface area contributed by atoms with E-state index in [9.17, 15) is 0 Å². The zero-order chi connectivity index (χ0) is 13.8. The normalized spacial score (nSPS) is 16.1. The van der Waals surface area contributed by atoms with Crippen LogP contribution in [0.4, 0.5) is 5.69 Å². The van der Waals surface area contributed by atoms with E-state index >= 15 is 0 Å². The van der Waals surface area contributed by atoms with Gasteiger partial charge in [0.2, 0.25) is 0 Å². The molecule has 0 amide bonds. The van der Waals surface area contributed by atoms with E-state index in [0.717, 1.165) is 25.2 Å². The van der Waals surface area contributed by atoms with Crippen molar-refractivity contribution in [3.05, 3.63) is 42.2 Å². The van der Waals surface area contributed by atoms with Gasteiger partial charge in [0.15, 0.2) is 0 Å². The fourth-order valence-electron chi connectivity index (χ4n) is 2.72. The Labute approximate surface area is 118 Å². The van der Waals surface area contributed by atoms with Gasteiger partial charge in [-0.05, 0) is 43.0 Å². The Balaban J connectivity index is 1.56. The first kappa shape index (κ1) is 12.7. The lowest BCUT2D eigenvalue weighted by Gasteiger charge is -2.33. The minimum Gasteiger partial charge on any atom is -0.372 e. The maximum Gasteiger partial charge on any atom is 0.0991 e. The van der Waals surface area contributed by atoms with Crippen LogP contribution in [0.1, 0.15) is 18.4 Å². The molecular formula is C15H17N5. The highest BCUT2D eigenvalue weighted by Crippen LogP contribution is 2.24. The molecule has 0 bridgehead atoms. The van der Waals surface area contributed by atoms with Crippen molar-refractivity contribution >= 4 is 5.69 Å². The first-order chi connectivity index (χ1) is 9.85. The molecule has 1 aliphatic heterocycles. The van der Waals surface area contributed by atoms with Crippen LogP contribution < -0.4 is 4.90 Å². The van der Waals surface area contributed by atoms with Crippen molar-refractivity contribution in [1.29, 1.82) is 5.26 Å². The van der Waals surface area contributed by atoms with Crippen LogP contribution in [-0.4, -0.2) is 28.1 Å². The third-order valence-electron chi connectivity index (χ3n) is 3.89. The van der Waals surface area contributed by atoms with E-state index in [2.05, 4.69) is 21.3 Å². The molecule has 3 rings (SSSR count). The van der Waals surface area contributed by atoms with Crippen molar-refractivity contribution in [3.63, 3.8) is 0 Å². The van der Waals surface area contributed by atoms with Crippen LogP contribution in [0.5, 0.6) is 0 Å². The Morgan fingerprint density at radius 2 is 1.95 bits per heavy atom. The predicted octanol–water partition coefficient (Wildman–Crippen LogP) is 2.07. The lowest BCUT2D eigenvalue weighted by atomic mass is 9.96. The van der Waals surface area contributed by atoms with Crippen molar-refractivity contribution in [2.45, 2.75) is 19.4 Å². The number of hydrogen-bond donors (Lipinski definition) is 0. The van der Waals surface area contributed by atoms with Gasteiger partial charge in [0.25, 0.3) is 0 Å². The third kappa shape index (κ3) is 2.80. The monoisotopic (exact) mass is 267 g/mol. The molecule has 102 valence electrons. The van der Waals surface area contributed by atoms with Gasteiger partial charge in [-0.25, -0.2) is 0 Å². The number of anilines is 1. The molecule has 2 aromatic rings. The molecule has 1 fully saturated rings. The second kappa shape index (κ2) is 5.74. The summed E-state index contributed by atoms with van der Waals surface area (Å²) in [5.74, 6) is 0.673. The number of nitriles is 1. The van der Waals surface area contributed by atoms with E-state index < -0.39 is 0 Å². The number of piperidine rings is 1. The summed E-state index contributed by atoms with van der Waals surface area (Å²) in [6.07, 6.45) is 5.98. The molecule has 0 saturated carbocycles. The molecule has 1 aliphatic rings. The molecule has 5 heteroatoms. The largest absolute Gasteiger partial charge is 0.372 e. The minimum absolute atomic E-state index is 0.673. The van der Waals surface area contributed by atoms with Gasteiger partial charge in [-0.2, -0.15) is 5.26 Å². The molecule has 0 spiro atoms. The summed E-state index contributed by atoms with van der Waals surface area (Å²) in [4.78, 5) is 2.39. The topological polar surface area (TPSA) is 57.7 Å². The quantitative estimate of drug-likeness (QED) is 0.854. The summed E-state index contributed by atoms with van der Waals surface area (Å²) in [7, 11) is 0. The van der Waals surface area contributed by atoms with Gasteiger partial charge in [-0.15, -0.1) is 5.10 Å². The molecule has 1 saturated heterocycles. The maximum atomic E-state index is 8.82. The molecular weight excluding hydrogens is 250 g/mol. The SMILES string of the molecule is N#Cc1ccc(N2CCC(Cn3ccnn3)CC2)cc1. The highest BCUT2D eigenvalue weighted by molar-refractivity contribution is 5.49. The van der Waals surface area contributed by atoms with Crippen LogP contribution >= 0.6 is 0 Å². The van der Waals surface area contributed by atoms with Gasteiger partial charge in [-0.1, -0.05) is 5.21 Å². The zero-order valence-electron chi connectivity index (χ0n) is 11.3. The van der Waals surface area contributed by atoms with Gasteiger partial charge >= 0.3 is 0 Å². The minimum atomic E-state index is 0.673. The lowest BCUT2D eigenvalue weighted by Crippen LogP contribution is -2.35. The van der Waals surface area contributed by atoms with Gasteiger partial charge in [0.1, 0.15) is 0 Å². The van der Waals surface area contributed by atoms with Crippen molar-refractivity contribution < 1.29 is 0 Å². The lowest BCUT2D eigenvalue weighted by molar-refractivity contribution is 0.339. The Morgan fingerprint density at radius 3 is 2.55 bits per heavy atom. The van der Waals surface area contributed by atoms with Crippen molar-refractivity contribution in [1.82, 2.24) is 15.0 Å². The average molecular weight is 267 g/mol. The summed E-state index contributed by atoms with van der Waals surface area (Å²) in [6.45, 7) is 3.08. The van der Waals surface area contributed by atoms with Crippen LogP contribution in [-0.2, 0) is 6.54 Å². The third-order valence-corrected chi connectivity index (χ3v) is 3.89. The number of aromatic nitrogens is 3. The molecule has 0 unspecified atom stereocenters. The standard InChI is InChI=1S/C15H17N5/c16-11-13-1-3-15(4-2-13)19-8-5-14(6-9-19)12-20-10-7-17-18-20/h1-4,7,10,14H,5-6,8-9,12H2. The highest BCUT2D eigenvalue weighted by Gasteiger charge is 2.19. The first-order valence-electron chi connectivity index (χ1n) is 6.94. The van der Waals surface area contributed by atoms with E-state index in [1.807, 2.05) is 35.1 Å². The molecule has 20 heavy (non-hydrogen) atoms. The predicted molar refractivity (Wildman–Crippen MR) is 76.1 cm³/mol. The van der Waals surface area contributed by atoms with E-state index in [1.165, 1.54) is 18.5 Å². The van der Waals surface area contributed by atoms with Crippen molar-refractivity contribution in [2.75, 3.05) is 18.0 Å². The molecule has 0 atom stereocenters. The summed E-state index contributed by atoms with van der Waals surface area (Å²) in [5, 5.41) is 16.7. The number of hydrogen-bond acceptors (Lipinski definition) is 4. The molecule has 0 radical (unpaired) electrons. The Hall–Kier alpha value is -2.35. The fraction of sp³-hybridized carbons (Fsp3) is 0.400. The number of benzene rings is 1. The smallest absolute Gasteiger partial charge is 0.0991 e. The first-order valence-corrected chi connectivity index (χ1v) is 6.94. The average Bonchev–Trinajstić information content (AvgIpc) is 3.01. The molecule has 1 aromatic heterocycles. The van der Waals surface area contributed by atoms with E-state index in [-0.39, 0.29) is 0 Å². The Morgan fingerprint density at radius 1 is 1.20 bits per heavy atom. The highest BCUT2D eigenvalue weighted by atomic mass is 15.4. The van der Waals surface area contributed by atoms with Gasteiger partial charge in [0.05, 0.1) is 17.8 Å². The summed E-state index contributed by atoms with van der Waals surface area (Å²) in [5.41, 5.74) is 1.93. The van der Waals surface area contributed by atoms with Crippen LogP contribution in [0.15, 0.2) is 36.7 Å². The summed E-state index contributed by atoms with van der Waals surface area (Å²) < 4.78 is 1.92. The molecule has 1 aromatic carbocycles. The van der Waals surface area contributed by atoms with E-state index in [4.69, 9.17) is 5.26 Å². The van der Waals surface area contributed by atoms with E-state index in [0.29, 0.717) is 5.92 Å². The van der Waals surface area contributed by atoms with Crippen LogP contribution in [0, 0.1) is 17.2 Å². The molecule has 2 heterocycles. The van der Waals surface area contributed by atoms with Crippen molar-refractivity contribution in [3.8, 4) is 6.07 Å². The molecule has 5 nitrogen and oxygen atoms in total. The van der Waals surface area contributed by atoms with Gasteiger partial charge < -0.3 is 4.90 Å². The number of nitrogens with zero attached hydrogens (tertiary/aromatic N) is 5. The zero-order valence-corrected chi connectivity index (χ0v) is 11.3. The fourth-order valence-corrected chi connectivity index (χ4v) is 2.72.